The zero-order valence-electron chi connectivity index (χ0n) is 15.2. The molecule has 1 aliphatic heterocycles. The maximum atomic E-state index is 12.3. The zero-order chi connectivity index (χ0) is 18.3. The van der Waals surface area contributed by atoms with E-state index in [4.69, 9.17) is 14.2 Å². The summed E-state index contributed by atoms with van der Waals surface area (Å²) >= 11 is 0. The normalized spacial score (nSPS) is 20.2. The summed E-state index contributed by atoms with van der Waals surface area (Å²) in [6.45, 7) is 6.73. The van der Waals surface area contributed by atoms with Crippen LogP contribution in [0.3, 0.4) is 0 Å². The smallest absolute Gasteiger partial charge is 0.334 e. The van der Waals surface area contributed by atoms with Crippen molar-refractivity contribution >= 4 is 11.9 Å². The van der Waals surface area contributed by atoms with Crippen molar-refractivity contribution in [1.29, 1.82) is 0 Å². The third-order valence-electron chi connectivity index (χ3n) is 4.18. The molecule has 0 aromatic heterocycles. The van der Waals surface area contributed by atoms with Crippen LogP contribution >= 0.6 is 0 Å². The molecule has 2 rings (SSSR count). The minimum absolute atomic E-state index is 0.125. The lowest BCUT2D eigenvalue weighted by Gasteiger charge is -2.35. The number of rotatable bonds is 7. The zero-order valence-corrected chi connectivity index (χ0v) is 15.2. The second-order valence-electron chi connectivity index (χ2n) is 6.52. The lowest BCUT2D eigenvalue weighted by atomic mass is 9.92. The highest BCUT2D eigenvalue weighted by Gasteiger charge is 2.43. The number of benzene rings is 1. The molecule has 1 aromatic carbocycles. The Hall–Kier alpha value is -2.08. The number of carbonyl (C=O) groups excluding carboxylic acids is 2. The van der Waals surface area contributed by atoms with E-state index < -0.39 is 11.5 Å². The molecular weight excluding hydrogens is 322 g/mol. The Morgan fingerprint density at radius 1 is 1.36 bits per heavy atom. The van der Waals surface area contributed by atoms with Gasteiger partial charge in [0.1, 0.15) is 5.75 Å². The van der Waals surface area contributed by atoms with Crippen LogP contribution in [0.5, 0.6) is 5.75 Å². The average Bonchev–Trinajstić information content (AvgIpc) is 2.61. The van der Waals surface area contributed by atoms with E-state index in [2.05, 4.69) is 19.2 Å². The molecule has 0 bridgehead atoms. The lowest BCUT2D eigenvalue weighted by molar-refractivity contribution is -0.160. The third kappa shape index (κ3) is 5.19. The largest absolute Gasteiger partial charge is 0.484 e. The fourth-order valence-corrected chi connectivity index (χ4v) is 2.79. The molecule has 1 fully saturated rings. The third-order valence-corrected chi connectivity index (χ3v) is 4.18. The van der Waals surface area contributed by atoms with Crippen LogP contribution in [0.2, 0.25) is 0 Å². The van der Waals surface area contributed by atoms with Crippen LogP contribution in [-0.4, -0.2) is 43.8 Å². The Labute approximate surface area is 148 Å². The van der Waals surface area contributed by atoms with Crippen molar-refractivity contribution in [2.75, 3.05) is 26.4 Å². The van der Waals surface area contributed by atoms with Crippen LogP contribution in [-0.2, 0) is 19.1 Å². The molecule has 1 aliphatic rings. The first-order valence-electron chi connectivity index (χ1n) is 8.75. The fraction of sp³-hybridized carbons (Fsp3) is 0.579. The maximum Gasteiger partial charge on any atom is 0.334 e. The molecule has 1 amide bonds. The van der Waals surface area contributed by atoms with Gasteiger partial charge in [0.25, 0.3) is 5.91 Å². The summed E-state index contributed by atoms with van der Waals surface area (Å²) in [5.41, 5.74) is 0.0238. The molecule has 0 spiro atoms. The van der Waals surface area contributed by atoms with Crippen molar-refractivity contribution in [1.82, 2.24) is 5.32 Å². The number of hydrogen-bond acceptors (Lipinski definition) is 5. The summed E-state index contributed by atoms with van der Waals surface area (Å²) in [5, 5.41) is 2.76. The Balaban J connectivity index is 1.97. The second kappa shape index (κ2) is 8.85. The van der Waals surface area contributed by atoms with Crippen molar-refractivity contribution in [2.45, 2.75) is 45.1 Å². The quantitative estimate of drug-likeness (QED) is 0.765. The molecule has 1 atom stereocenters. The number of nitrogens with one attached hydrogen (secondary N) is 1. The van der Waals surface area contributed by atoms with Gasteiger partial charge in [-0.2, -0.15) is 0 Å². The first-order chi connectivity index (χ1) is 12.0. The number of ether oxygens (including phenoxy) is 3. The van der Waals surface area contributed by atoms with Gasteiger partial charge in [-0.05, 0) is 43.4 Å². The summed E-state index contributed by atoms with van der Waals surface area (Å²) in [5.74, 6) is 0.189. The molecule has 1 heterocycles. The lowest BCUT2D eigenvalue weighted by Crippen LogP contribution is -2.60. The standard InChI is InChI=1S/C19H27NO5/c1-4-24-18(22)19(9-6-10-23-13-19)20-17(21)12-25-16-8-5-7-15(11-16)14(2)3/h5,7-8,11,14H,4,6,9-10,12-13H2,1-3H3,(H,20,21). The van der Waals surface area contributed by atoms with Gasteiger partial charge in [0.05, 0.1) is 13.2 Å². The van der Waals surface area contributed by atoms with Crippen LogP contribution in [0.4, 0.5) is 0 Å². The first kappa shape index (κ1) is 19.2. The molecular formula is C19H27NO5. The van der Waals surface area contributed by atoms with E-state index in [0.29, 0.717) is 31.1 Å². The molecule has 6 nitrogen and oxygen atoms in total. The van der Waals surface area contributed by atoms with Gasteiger partial charge < -0.3 is 19.5 Å². The van der Waals surface area contributed by atoms with Gasteiger partial charge >= 0.3 is 5.97 Å². The Morgan fingerprint density at radius 3 is 2.80 bits per heavy atom. The van der Waals surface area contributed by atoms with Crippen LogP contribution in [0, 0.1) is 0 Å². The monoisotopic (exact) mass is 349 g/mol. The molecule has 0 saturated carbocycles. The van der Waals surface area contributed by atoms with Crippen LogP contribution in [0.25, 0.3) is 0 Å². The van der Waals surface area contributed by atoms with E-state index in [1.165, 1.54) is 0 Å². The Bertz CT molecular complexity index is 593. The van der Waals surface area contributed by atoms with Crippen molar-refractivity contribution < 1.29 is 23.8 Å². The highest BCUT2D eigenvalue weighted by molar-refractivity contribution is 5.89. The Kier molecular flexibility index (Phi) is 6.82. The topological polar surface area (TPSA) is 73.9 Å². The molecule has 1 aromatic rings. The summed E-state index contributed by atoms with van der Waals surface area (Å²) in [6.07, 6.45) is 1.19. The highest BCUT2D eigenvalue weighted by Crippen LogP contribution is 2.22. The molecule has 6 heteroatoms. The number of hydrogen-bond donors (Lipinski definition) is 1. The summed E-state index contributed by atoms with van der Waals surface area (Å²) in [6, 6.07) is 7.65. The van der Waals surface area contributed by atoms with Crippen LogP contribution in [0.15, 0.2) is 24.3 Å². The number of carbonyl (C=O) groups is 2. The van der Waals surface area contributed by atoms with Gasteiger partial charge in [-0.1, -0.05) is 26.0 Å². The van der Waals surface area contributed by atoms with Gasteiger partial charge in [0, 0.05) is 6.61 Å². The summed E-state index contributed by atoms with van der Waals surface area (Å²) in [4.78, 5) is 24.6. The minimum atomic E-state index is -1.12. The highest BCUT2D eigenvalue weighted by atomic mass is 16.5. The molecule has 0 radical (unpaired) electrons. The summed E-state index contributed by atoms with van der Waals surface area (Å²) < 4.78 is 16.1. The van der Waals surface area contributed by atoms with Crippen molar-refractivity contribution in [3.63, 3.8) is 0 Å². The van der Waals surface area contributed by atoms with Crippen molar-refractivity contribution in [3.05, 3.63) is 29.8 Å². The molecule has 1 saturated heterocycles. The Morgan fingerprint density at radius 2 is 2.16 bits per heavy atom. The SMILES string of the molecule is CCOC(=O)C1(NC(=O)COc2cccc(C(C)C)c2)CCCOC1. The second-order valence-corrected chi connectivity index (χ2v) is 6.52. The van der Waals surface area contributed by atoms with Crippen molar-refractivity contribution in [3.8, 4) is 5.75 Å². The van der Waals surface area contributed by atoms with Gasteiger partial charge in [-0.3, -0.25) is 4.79 Å². The van der Waals surface area contributed by atoms with Gasteiger partial charge in [0.2, 0.25) is 0 Å². The minimum Gasteiger partial charge on any atom is -0.484 e. The van der Waals surface area contributed by atoms with E-state index in [0.717, 1.165) is 5.56 Å². The molecule has 1 unspecified atom stereocenters. The van der Waals surface area contributed by atoms with Gasteiger partial charge in [-0.15, -0.1) is 0 Å². The molecule has 1 N–H and O–H groups in total. The average molecular weight is 349 g/mol. The van der Waals surface area contributed by atoms with E-state index in [1.54, 1.807) is 6.92 Å². The number of esters is 1. The summed E-state index contributed by atoms with van der Waals surface area (Å²) in [7, 11) is 0. The molecule has 0 aliphatic carbocycles. The van der Waals surface area contributed by atoms with E-state index in [9.17, 15) is 9.59 Å². The van der Waals surface area contributed by atoms with E-state index in [-0.39, 0.29) is 25.7 Å². The maximum absolute atomic E-state index is 12.3. The van der Waals surface area contributed by atoms with E-state index in [1.807, 2.05) is 24.3 Å². The van der Waals surface area contributed by atoms with Crippen LogP contribution in [0.1, 0.15) is 45.1 Å². The first-order valence-corrected chi connectivity index (χ1v) is 8.75. The molecule has 25 heavy (non-hydrogen) atoms. The van der Waals surface area contributed by atoms with E-state index >= 15 is 0 Å². The predicted octanol–water partition coefficient (Wildman–Crippen LogP) is 2.42. The van der Waals surface area contributed by atoms with Gasteiger partial charge in [-0.25, -0.2) is 4.79 Å². The predicted molar refractivity (Wildman–Crippen MR) is 93.6 cm³/mol. The number of amides is 1. The van der Waals surface area contributed by atoms with Gasteiger partial charge in [0.15, 0.2) is 12.1 Å². The fourth-order valence-electron chi connectivity index (χ4n) is 2.79. The van der Waals surface area contributed by atoms with Crippen LogP contribution < -0.4 is 10.1 Å². The molecule has 138 valence electrons. The van der Waals surface area contributed by atoms with Crippen molar-refractivity contribution in [2.24, 2.45) is 0 Å².